The maximum absolute atomic E-state index is 12.8. The van der Waals surface area contributed by atoms with E-state index in [9.17, 15) is 9.59 Å². The summed E-state index contributed by atoms with van der Waals surface area (Å²) in [7, 11) is 1.66. The number of amides is 2. The number of nitrogens with one attached hydrogen (secondary N) is 1. The summed E-state index contributed by atoms with van der Waals surface area (Å²) in [6, 6.07) is 15.7. The smallest absolute Gasteiger partial charge is 0.228 e. The highest BCUT2D eigenvalue weighted by atomic mass is 16.5. The summed E-state index contributed by atoms with van der Waals surface area (Å²) in [6.45, 7) is 4.98. The molecule has 2 aromatic rings. The van der Waals surface area contributed by atoms with Crippen molar-refractivity contribution in [3.63, 3.8) is 0 Å². The number of piperazine rings is 1. The predicted molar refractivity (Wildman–Crippen MR) is 113 cm³/mol. The molecule has 1 heterocycles. The normalized spacial score (nSPS) is 20.9. The van der Waals surface area contributed by atoms with Gasteiger partial charge in [-0.25, -0.2) is 0 Å². The second-order valence-corrected chi connectivity index (χ2v) is 7.81. The Kier molecular flexibility index (Phi) is 5.43. The number of ether oxygens (including phenoxy) is 1. The van der Waals surface area contributed by atoms with Crippen LogP contribution in [-0.4, -0.2) is 50.0 Å². The fourth-order valence-electron chi connectivity index (χ4n) is 3.84. The molecule has 1 aliphatic carbocycles. The third-order valence-electron chi connectivity index (χ3n) is 5.79. The lowest BCUT2D eigenvalue weighted by atomic mass is 10.2. The summed E-state index contributed by atoms with van der Waals surface area (Å²) in [6.07, 6.45) is 0.648. The standard InChI is InChI=1S/C23H27N3O3/c1-16-3-5-17(6-4-16)24-22(27)20-15-21(20)23(28)26-13-11-25(12-14-26)18-7-9-19(29-2)10-8-18/h3-10,20-21H,11-15H2,1-2H3,(H,24,27). The Labute approximate surface area is 171 Å². The van der Waals surface area contributed by atoms with E-state index in [0.29, 0.717) is 19.5 Å². The van der Waals surface area contributed by atoms with Crippen LogP contribution < -0.4 is 15.0 Å². The van der Waals surface area contributed by atoms with E-state index in [0.717, 1.165) is 35.8 Å². The molecule has 2 aromatic carbocycles. The van der Waals surface area contributed by atoms with Crippen molar-refractivity contribution in [3.05, 3.63) is 54.1 Å². The van der Waals surface area contributed by atoms with Crippen LogP contribution in [0.3, 0.4) is 0 Å². The molecule has 29 heavy (non-hydrogen) atoms. The molecule has 2 aliphatic rings. The first-order valence-electron chi connectivity index (χ1n) is 10.1. The Balaban J connectivity index is 1.26. The zero-order chi connectivity index (χ0) is 20.4. The average Bonchev–Trinajstić information content (AvgIpc) is 3.56. The highest BCUT2D eigenvalue weighted by Crippen LogP contribution is 2.41. The van der Waals surface area contributed by atoms with Gasteiger partial charge >= 0.3 is 0 Å². The topological polar surface area (TPSA) is 61.9 Å². The van der Waals surface area contributed by atoms with Crippen molar-refractivity contribution in [2.75, 3.05) is 43.5 Å². The van der Waals surface area contributed by atoms with Gasteiger partial charge in [-0.1, -0.05) is 17.7 Å². The number of carbonyl (C=O) groups is 2. The van der Waals surface area contributed by atoms with Crippen LogP contribution in [0.15, 0.2) is 48.5 Å². The molecule has 0 radical (unpaired) electrons. The van der Waals surface area contributed by atoms with E-state index < -0.39 is 0 Å². The van der Waals surface area contributed by atoms with E-state index in [1.165, 1.54) is 0 Å². The molecule has 1 saturated heterocycles. The second-order valence-electron chi connectivity index (χ2n) is 7.81. The van der Waals surface area contributed by atoms with Crippen LogP contribution in [0, 0.1) is 18.8 Å². The molecule has 1 saturated carbocycles. The largest absolute Gasteiger partial charge is 0.497 e. The molecule has 4 rings (SSSR count). The average molecular weight is 393 g/mol. The monoisotopic (exact) mass is 393 g/mol. The molecule has 6 heteroatoms. The maximum Gasteiger partial charge on any atom is 0.228 e. The summed E-state index contributed by atoms with van der Waals surface area (Å²) in [5.74, 6) is 0.523. The van der Waals surface area contributed by atoms with Crippen LogP contribution in [0.2, 0.25) is 0 Å². The lowest BCUT2D eigenvalue weighted by Gasteiger charge is -2.36. The Morgan fingerprint density at radius 1 is 0.931 bits per heavy atom. The van der Waals surface area contributed by atoms with Crippen molar-refractivity contribution in [1.82, 2.24) is 4.90 Å². The Bertz CT molecular complexity index is 871. The highest BCUT2D eigenvalue weighted by molar-refractivity contribution is 5.99. The van der Waals surface area contributed by atoms with Gasteiger partial charge in [0, 0.05) is 37.6 Å². The van der Waals surface area contributed by atoms with E-state index in [2.05, 4.69) is 10.2 Å². The Hall–Kier alpha value is -3.02. The van der Waals surface area contributed by atoms with Crippen LogP contribution in [0.1, 0.15) is 12.0 Å². The third kappa shape index (κ3) is 4.36. The Morgan fingerprint density at radius 2 is 1.59 bits per heavy atom. The minimum atomic E-state index is -0.205. The summed E-state index contributed by atoms with van der Waals surface area (Å²) >= 11 is 0. The van der Waals surface area contributed by atoms with Crippen LogP contribution in [0.4, 0.5) is 11.4 Å². The highest BCUT2D eigenvalue weighted by Gasteiger charge is 2.49. The van der Waals surface area contributed by atoms with Crippen molar-refractivity contribution in [3.8, 4) is 5.75 Å². The predicted octanol–water partition coefficient (Wildman–Crippen LogP) is 2.93. The summed E-state index contributed by atoms with van der Waals surface area (Å²) in [5, 5.41) is 2.93. The molecule has 0 aromatic heterocycles. The molecule has 0 spiro atoms. The molecule has 152 valence electrons. The van der Waals surface area contributed by atoms with E-state index in [4.69, 9.17) is 4.74 Å². The van der Waals surface area contributed by atoms with Gasteiger partial charge in [-0.2, -0.15) is 0 Å². The minimum Gasteiger partial charge on any atom is -0.497 e. The zero-order valence-corrected chi connectivity index (χ0v) is 16.9. The third-order valence-corrected chi connectivity index (χ3v) is 5.79. The number of hydrogen-bond donors (Lipinski definition) is 1. The van der Waals surface area contributed by atoms with Crippen molar-refractivity contribution in [2.24, 2.45) is 11.8 Å². The summed E-state index contributed by atoms with van der Waals surface area (Å²) in [4.78, 5) is 29.4. The molecule has 2 atom stereocenters. The number of rotatable bonds is 5. The van der Waals surface area contributed by atoms with E-state index in [1.807, 2.05) is 60.4 Å². The van der Waals surface area contributed by atoms with Gasteiger partial charge in [0.1, 0.15) is 5.75 Å². The van der Waals surface area contributed by atoms with Crippen molar-refractivity contribution in [2.45, 2.75) is 13.3 Å². The number of anilines is 2. The van der Waals surface area contributed by atoms with Gasteiger partial charge in [0.2, 0.25) is 11.8 Å². The number of benzene rings is 2. The molecule has 2 fully saturated rings. The lowest BCUT2D eigenvalue weighted by Crippen LogP contribution is -2.49. The fourth-order valence-corrected chi connectivity index (χ4v) is 3.84. The summed E-state index contributed by atoms with van der Waals surface area (Å²) < 4.78 is 5.21. The number of aryl methyl sites for hydroxylation is 1. The van der Waals surface area contributed by atoms with Crippen LogP contribution >= 0.6 is 0 Å². The van der Waals surface area contributed by atoms with Crippen molar-refractivity contribution >= 4 is 23.2 Å². The molecule has 6 nitrogen and oxygen atoms in total. The van der Waals surface area contributed by atoms with Gasteiger partial charge in [-0.15, -0.1) is 0 Å². The first kappa shape index (κ1) is 19.3. The van der Waals surface area contributed by atoms with Crippen LogP contribution in [0.5, 0.6) is 5.75 Å². The lowest BCUT2D eigenvalue weighted by molar-refractivity contribution is -0.134. The molecule has 1 N–H and O–H groups in total. The molecule has 1 aliphatic heterocycles. The maximum atomic E-state index is 12.8. The van der Waals surface area contributed by atoms with Crippen molar-refractivity contribution < 1.29 is 14.3 Å². The van der Waals surface area contributed by atoms with E-state index >= 15 is 0 Å². The zero-order valence-electron chi connectivity index (χ0n) is 16.9. The number of nitrogens with zero attached hydrogens (tertiary/aromatic N) is 2. The van der Waals surface area contributed by atoms with Gasteiger partial charge in [0.05, 0.1) is 18.9 Å². The number of hydrogen-bond acceptors (Lipinski definition) is 4. The SMILES string of the molecule is COc1ccc(N2CCN(C(=O)C3CC3C(=O)Nc3ccc(C)cc3)CC2)cc1. The van der Waals surface area contributed by atoms with Gasteiger partial charge in [-0.05, 0) is 49.7 Å². The summed E-state index contributed by atoms with van der Waals surface area (Å²) in [5.41, 5.74) is 3.07. The van der Waals surface area contributed by atoms with E-state index in [-0.39, 0.29) is 23.7 Å². The molecule has 2 unspecified atom stereocenters. The van der Waals surface area contributed by atoms with Gasteiger partial charge in [0.15, 0.2) is 0 Å². The molecule has 0 bridgehead atoms. The molecule has 2 amide bonds. The Morgan fingerprint density at radius 3 is 2.21 bits per heavy atom. The van der Waals surface area contributed by atoms with Gasteiger partial charge in [0.25, 0.3) is 0 Å². The van der Waals surface area contributed by atoms with Gasteiger partial charge < -0.3 is 19.9 Å². The number of carbonyl (C=O) groups excluding carboxylic acids is 2. The first-order chi connectivity index (χ1) is 14.0. The first-order valence-corrected chi connectivity index (χ1v) is 10.1. The van der Waals surface area contributed by atoms with E-state index in [1.54, 1.807) is 7.11 Å². The quantitative estimate of drug-likeness (QED) is 0.849. The minimum absolute atomic E-state index is 0.0518. The van der Waals surface area contributed by atoms with Crippen LogP contribution in [-0.2, 0) is 9.59 Å². The van der Waals surface area contributed by atoms with Crippen molar-refractivity contribution in [1.29, 1.82) is 0 Å². The second kappa shape index (κ2) is 8.15. The number of methoxy groups -OCH3 is 1. The fraction of sp³-hybridized carbons (Fsp3) is 0.391. The van der Waals surface area contributed by atoms with Crippen LogP contribution in [0.25, 0.3) is 0 Å². The molecular formula is C23H27N3O3. The van der Waals surface area contributed by atoms with Gasteiger partial charge in [-0.3, -0.25) is 9.59 Å². The molecular weight excluding hydrogens is 366 g/mol.